The maximum absolute atomic E-state index is 12.2. The van der Waals surface area contributed by atoms with Gasteiger partial charge in [0.1, 0.15) is 0 Å². The van der Waals surface area contributed by atoms with Crippen molar-refractivity contribution in [3.8, 4) is 0 Å². The van der Waals surface area contributed by atoms with Crippen LogP contribution in [0.25, 0.3) is 0 Å². The van der Waals surface area contributed by atoms with Crippen LogP contribution in [0.4, 0.5) is 5.69 Å². The van der Waals surface area contributed by atoms with E-state index in [9.17, 15) is 13.2 Å². The first-order chi connectivity index (χ1) is 9.93. The lowest BCUT2D eigenvalue weighted by atomic mass is 9.86. The summed E-state index contributed by atoms with van der Waals surface area (Å²) in [6, 6.07) is 7.30. The van der Waals surface area contributed by atoms with E-state index in [1.807, 2.05) is 24.3 Å². The minimum atomic E-state index is -3.42. The molecule has 0 radical (unpaired) electrons. The van der Waals surface area contributed by atoms with Gasteiger partial charge in [0.2, 0.25) is 15.9 Å². The Labute approximate surface area is 133 Å². The van der Waals surface area contributed by atoms with Gasteiger partial charge in [-0.1, -0.05) is 39.0 Å². The Hall–Kier alpha value is -1.40. The van der Waals surface area contributed by atoms with Gasteiger partial charge in [-0.25, -0.2) is 8.42 Å². The van der Waals surface area contributed by atoms with Gasteiger partial charge in [-0.05, 0) is 30.9 Å². The monoisotopic (exact) mass is 326 g/mol. The van der Waals surface area contributed by atoms with Crippen LogP contribution < -0.4 is 5.32 Å². The van der Waals surface area contributed by atoms with Crippen LogP contribution in [0.3, 0.4) is 0 Å². The molecule has 124 valence electrons. The molecule has 6 heteroatoms. The van der Waals surface area contributed by atoms with Crippen LogP contribution in [0.2, 0.25) is 0 Å². The Balaban J connectivity index is 2.95. The highest BCUT2D eigenvalue weighted by Gasteiger charge is 2.24. The number of carbonyl (C=O) groups is 1. The lowest BCUT2D eigenvalue weighted by Gasteiger charge is -2.25. The second kappa shape index (κ2) is 6.79. The number of hydrogen-bond donors (Lipinski definition) is 1. The van der Waals surface area contributed by atoms with Gasteiger partial charge in [0.25, 0.3) is 0 Å². The van der Waals surface area contributed by atoms with Gasteiger partial charge in [-0.3, -0.25) is 4.79 Å². The zero-order valence-electron chi connectivity index (χ0n) is 14.2. The molecule has 1 rings (SSSR count). The van der Waals surface area contributed by atoms with Crippen LogP contribution in [0.15, 0.2) is 24.3 Å². The van der Waals surface area contributed by atoms with E-state index in [0.717, 1.165) is 17.5 Å². The second-order valence-corrected chi connectivity index (χ2v) is 8.68. The molecule has 0 aliphatic heterocycles. The van der Waals surface area contributed by atoms with Gasteiger partial charge in [0.05, 0.1) is 12.8 Å². The van der Waals surface area contributed by atoms with Crippen LogP contribution in [-0.2, 0) is 20.2 Å². The predicted molar refractivity (Wildman–Crippen MR) is 90.5 cm³/mol. The van der Waals surface area contributed by atoms with Crippen molar-refractivity contribution in [1.29, 1.82) is 0 Å². The summed E-state index contributed by atoms with van der Waals surface area (Å²) in [6.07, 6.45) is 1.11. The average molecular weight is 326 g/mol. The molecule has 0 aliphatic rings. The van der Waals surface area contributed by atoms with Gasteiger partial charge < -0.3 is 5.32 Å². The maximum atomic E-state index is 12.2. The summed E-state index contributed by atoms with van der Waals surface area (Å²) >= 11 is 0. The molecule has 22 heavy (non-hydrogen) atoms. The number of benzene rings is 1. The summed E-state index contributed by atoms with van der Waals surface area (Å²) < 4.78 is 24.6. The van der Waals surface area contributed by atoms with Crippen molar-refractivity contribution in [3.63, 3.8) is 0 Å². The molecule has 0 fully saturated rings. The fraction of sp³-hybridized carbons (Fsp3) is 0.562. The third-order valence-electron chi connectivity index (χ3n) is 3.31. The molecular formula is C16H26N2O3S. The van der Waals surface area contributed by atoms with E-state index >= 15 is 0 Å². The molecule has 0 unspecified atom stereocenters. The lowest BCUT2D eigenvalue weighted by molar-refractivity contribution is -0.116. The molecule has 1 N–H and O–H groups in total. The zero-order valence-corrected chi connectivity index (χ0v) is 15.0. The molecule has 0 atom stereocenters. The fourth-order valence-corrected chi connectivity index (χ4v) is 3.38. The minimum Gasteiger partial charge on any atom is -0.325 e. The SMILES string of the molecule is CC(C)N(CC(=O)Nc1ccccc1C(C)(C)C)S(C)(=O)=O. The number of amides is 1. The number of nitrogens with zero attached hydrogens (tertiary/aromatic N) is 1. The van der Waals surface area contributed by atoms with Gasteiger partial charge in [-0.15, -0.1) is 0 Å². The van der Waals surface area contributed by atoms with Crippen molar-refractivity contribution in [1.82, 2.24) is 4.31 Å². The topological polar surface area (TPSA) is 66.5 Å². The number of nitrogens with one attached hydrogen (secondary N) is 1. The van der Waals surface area contributed by atoms with Crippen LogP contribution in [0.1, 0.15) is 40.2 Å². The summed E-state index contributed by atoms with van der Waals surface area (Å²) in [5.41, 5.74) is 1.62. The Morgan fingerprint density at radius 3 is 2.23 bits per heavy atom. The number of rotatable bonds is 5. The third-order valence-corrected chi connectivity index (χ3v) is 4.71. The van der Waals surface area contributed by atoms with Gasteiger partial charge in [0.15, 0.2) is 0 Å². The highest BCUT2D eigenvalue weighted by atomic mass is 32.2. The van der Waals surface area contributed by atoms with E-state index < -0.39 is 10.0 Å². The van der Waals surface area contributed by atoms with E-state index in [1.54, 1.807) is 13.8 Å². The molecule has 0 saturated carbocycles. The summed E-state index contributed by atoms with van der Waals surface area (Å²) in [6.45, 7) is 9.50. The first-order valence-electron chi connectivity index (χ1n) is 7.29. The summed E-state index contributed by atoms with van der Waals surface area (Å²) in [4.78, 5) is 12.2. The molecule has 1 aromatic rings. The van der Waals surface area contributed by atoms with E-state index in [1.165, 1.54) is 4.31 Å². The standard InChI is InChI=1S/C16H26N2O3S/c1-12(2)18(22(6,20)21)11-15(19)17-14-10-8-7-9-13(14)16(3,4)5/h7-10,12H,11H2,1-6H3,(H,17,19). The van der Waals surface area contributed by atoms with Gasteiger partial charge in [0, 0.05) is 11.7 Å². The Bertz CT molecular complexity index is 631. The van der Waals surface area contributed by atoms with Crippen molar-refractivity contribution < 1.29 is 13.2 Å². The molecule has 0 bridgehead atoms. The first kappa shape index (κ1) is 18.6. The second-order valence-electron chi connectivity index (χ2n) is 6.75. The molecule has 0 spiro atoms. The van der Waals surface area contributed by atoms with Crippen molar-refractivity contribution in [2.45, 2.75) is 46.1 Å². The van der Waals surface area contributed by atoms with Crippen LogP contribution in [-0.4, -0.2) is 37.5 Å². The largest absolute Gasteiger partial charge is 0.325 e. The van der Waals surface area contributed by atoms with Crippen LogP contribution in [0, 0.1) is 0 Å². The van der Waals surface area contributed by atoms with Crippen LogP contribution >= 0.6 is 0 Å². The summed E-state index contributed by atoms with van der Waals surface area (Å²) in [7, 11) is -3.42. The van der Waals surface area contributed by atoms with E-state index in [-0.39, 0.29) is 23.9 Å². The molecule has 0 saturated heterocycles. The Kier molecular flexibility index (Phi) is 5.76. The smallest absolute Gasteiger partial charge is 0.239 e. The lowest BCUT2D eigenvalue weighted by Crippen LogP contribution is -2.41. The molecule has 0 aliphatic carbocycles. The van der Waals surface area contributed by atoms with E-state index in [0.29, 0.717) is 0 Å². The maximum Gasteiger partial charge on any atom is 0.239 e. The van der Waals surface area contributed by atoms with Crippen LogP contribution in [0.5, 0.6) is 0 Å². The van der Waals surface area contributed by atoms with Crippen molar-refractivity contribution in [2.24, 2.45) is 0 Å². The quantitative estimate of drug-likeness (QED) is 0.904. The molecule has 1 aromatic carbocycles. The van der Waals surface area contributed by atoms with Crippen molar-refractivity contribution in [2.75, 3.05) is 18.1 Å². The zero-order chi connectivity index (χ0) is 17.1. The number of anilines is 1. The summed E-state index contributed by atoms with van der Waals surface area (Å²) in [5, 5.41) is 2.83. The Morgan fingerprint density at radius 2 is 1.77 bits per heavy atom. The predicted octanol–water partition coefficient (Wildman–Crippen LogP) is 2.59. The van der Waals surface area contributed by atoms with E-state index in [2.05, 4.69) is 26.1 Å². The number of carbonyl (C=O) groups excluding carboxylic acids is 1. The van der Waals surface area contributed by atoms with E-state index in [4.69, 9.17) is 0 Å². The normalized spacial score (nSPS) is 12.7. The molecule has 0 aromatic heterocycles. The number of sulfonamides is 1. The van der Waals surface area contributed by atoms with Gasteiger partial charge in [-0.2, -0.15) is 4.31 Å². The molecule has 0 heterocycles. The highest BCUT2D eigenvalue weighted by molar-refractivity contribution is 7.88. The minimum absolute atomic E-state index is 0.113. The van der Waals surface area contributed by atoms with Crippen molar-refractivity contribution >= 4 is 21.6 Å². The third kappa shape index (κ3) is 5.10. The fourth-order valence-electron chi connectivity index (χ4n) is 2.26. The van der Waals surface area contributed by atoms with Gasteiger partial charge >= 0.3 is 0 Å². The molecule has 5 nitrogen and oxygen atoms in total. The molecular weight excluding hydrogens is 300 g/mol. The Morgan fingerprint density at radius 1 is 1.23 bits per heavy atom. The average Bonchev–Trinajstić information content (AvgIpc) is 2.33. The van der Waals surface area contributed by atoms with Crippen molar-refractivity contribution in [3.05, 3.63) is 29.8 Å². The number of hydrogen-bond acceptors (Lipinski definition) is 3. The molecule has 1 amide bonds. The number of para-hydroxylation sites is 1. The highest BCUT2D eigenvalue weighted by Crippen LogP contribution is 2.29. The first-order valence-corrected chi connectivity index (χ1v) is 9.14. The summed E-state index contributed by atoms with van der Waals surface area (Å²) in [5.74, 6) is -0.337.